The van der Waals surface area contributed by atoms with Crippen LogP contribution in [-0.2, 0) is 16.2 Å². The van der Waals surface area contributed by atoms with Gasteiger partial charge in [-0.2, -0.15) is 0 Å². The number of carbonyl (C=O) groups excluding carboxylic acids is 3. The Hall–Kier alpha value is -4.11. The molecule has 0 unspecified atom stereocenters. The van der Waals surface area contributed by atoms with Crippen molar-refractivity contribution in [3.63, 3.8) is 0 Å². The van der Waals surface area contributed by atoms with Gasteiger partial charge in [-0.1, -0.05) is 36.4 Å². The lowest BCUT2D eigenvalue weighted by molar-refractivity contribution is -0.127. The Morgan fingerprint density at radius 3 is 2.41 bits per heavy atom. The molecule has 3 aromatic carbocycles. The molecule has 0 aliphatic carbocycles. The first-order valence-corrected chi connectivity index (χ1v) is 12.2. The molecule has 1 heterocycles. The summed E-state index contributed by atoms with van der Waals surface area (Å²) in [5, 5.41) is 2.28. The molecule has 1 saturated heterocycles. The van der Waals surface area contributed by atoms with E-state index < -0.39 is 17.1 Å². The number of hydrogen-bond donors (Lipinski definition) is 1. The molecule has 4 rings (SSSR count). The number of para-hydroxylation sites is 1. The molecule has 0 spiro atoms. The van der Waals surface area contributed by atoms with Crippen LogP contribution < -0.4 is 14.8 Å². The van der Waals surface area contributed by atoms with E-state index in [0.29, 0.717) is 22.7 Å². The minimum absolute atomic E-state index is 0.201. The Balaban J connectivity index is 1.43. The smallest absolute Gasteiger partial charge is 0.294 e. The van der Waals surface area contributed by atoms with Crippen LogP contribution in [0.4, 0.5) is 14.9 Å². The molecule has 190 valence electrons. The Kier molecular flexibility index (Phi) is 7.93. The number of imide groups is 1. The van der Waals surface area contributed by atoms with E-state index in [1.54, 1.807) is 36.4 Å². The highest BCUT2D eigenvalue weighted by Gasteiger charge is 2.36. The van der Waals surface area contributed by atoms with Gasteiger partial charge in [0.25, 0.3) is 11.1 Å². The molecule has 37 heavy (non-hydrogen) atoms. The molecule has 1 aliphatic heterocycles. The second-order valence-corrected chi connectivity index (χ2v) is 9.40. The van der Waals surface area contributed by atoms with Crippen LogP contribution in [-0.4, -0.2) is 35.6 Å². The summed E-state index contributed by atoms with van der Waals surface area (Å²) in [6.07, 6.45) is 1.57. The zero-order valence-electron chi connectivity index (χ0n) is 20.5. The number of hydrogen-bond acceptors (Lipinski definition) is 6. The van der Waals surface area contributed by atoms with Crippen LogP contribution in [0.1, 0.15) is 22.3 Å². The molecule has 9 heteroatoms. The van der Waals surface area contributed by atoms with Crippen LogP contribution >= 0.6 is 11.8 Å². The molecule has 0 saturated carbocycles. The van der Waals surface area contributed by atoms with Gasteiger partial charge in [-0.15, -0.1) is 0 Å². The molecule has 0 aromatic heterocycles. The summed E-state index contributed by atoms with van der Waals surface area (Å²) in [6.45, 7) is 3.59. The van der Waals surface area contributed by atoms with Crippen LogP contribution in [0.25, 0.3) is 6.08 Å². The maximum absolute atomic E-state index is 13.1. The summed E-state index contributed by atoms with van der Waals surface area (Å²) in [5.74, 6) is -0.409. The fraction of sp³-hybridized carbons (Fsp3) is 0.179. The van der Waals surface area contributed by atoms with Crippen molar-refractivity contribution in [2.24, 2.45) is 0 Å². The van der Waals surface area contributed by atoms with Gasteiger partial charge in [-0.3, -0.25) is 19.3 Å². The Morgan fingerprint density at radius 1 is 1.03 bits per heavy atom. The van der Waals surface area contributed by atoms with Gasteiger partial charge in [-0.25, -0.2) is 4.39 Å². The van der Waals surface area contributed by atoms with Crippen molar-refractivity contribution in [3.05, 3.63) is 93.6 Å². The van der Waals surface area contributed by atoms with E-state index in [-0.39, 0.29) is 23.9 Å². The van der Waals surface area contributed by atoms with Crippen LogP contribution in [0, 0.1) is 19.7 Å². The molecule has 7 nitrogen and oxygen atoms in total. The fourth-order valence-corrected chi connectivity index (χ4v) is 4.60. The highest BCUT2D eigenvalue weighted by Crippen LogP contribution is 2.35. The van der Waals surface area contributed by atoms with Crippen LogP contribution in [0.15, 0.2) is 65.6 Å². The zero-order valence-corrected chi connectivity index (χ0v) is 21.4. The van der Waals surface area contributed by atoms with E-state index in [2.05, 4.69) is 5.32 Å². The van der Waals surface area contributed by atoms with Gasteiger partial charge in [0.1, 0.15) is 19.0 Å². The number of aryl methyl sites for hydroxylation is 2. The average Bonchev–Trinajstić information content (AvgIpc) is 3.13. The monoisotopic (exact) mass is 520 g/mol. The standard InChI is InChI=1S/C28H25FN2O5S/c1-17-5-4-6-18(2)26(17)30-25(32)15-31-27(33)24(37-28(31)34)14-20-9-12-22(23(13-20)35-3)36-16-19-7-10-21(29)11-8-19/h4-14H,15-16H2,1-3H3,(H,30,32)/b24-14-. The average molecular weight is 521 g/mol. The molecule has 0 atom stereocenters. The van der Waals surface area contributed by atoms with Gasteiger partial charge in [-0.05, 0) is 78.2 Å². The number of carbonyl (C=O) groups is 3. The van der Waals surface area contributed by atoms with Gasteiger partial charge in [0, 0.05) is 5.69 Å². The van der Waals surface area contributed by atoms with Gasteiger partial charge < -0.3 is 14.8 Å². The van der Waals surface area contributed by atoms with Gasteiger partial charge in [0.15, 0.2) is 11.5 Å². The van der Waals surface area contributed by atoms with Crippen molar-refractivity contribution in [1.29, 1.82) is 0 Å². The van der Waals surface area contributed by atoms with Crippen LogP contribution in [0.3, 0.4) is 0 Å². The van der Waals surface area contributed by atoms with Gasteiger partial charge in [0.2, 0.25) is 5.91 Å². The Labute approximate surface area is 218 Å². The third-order valence-corrected chi connectivity index (χ3v) is 6.62. The third-order valence-electron chi connectivity index (χ3n) is 5.71. The number of nitrogens with one attached hydrogen (secondary N) is 1. The van der Waals surface area contributed by atoms with Crippen molar-refractivity contribution in [1.82, 2.24) is 4.90 Å². The normalized spacial score (nSPS) is 14.3. The maximum atomic E-state index is 13.1. The topological polar surface area (TPSA) is 84.9 Å². The number of thioether (sulfide) groups is 1. The van der Waals surface area contributed by atoms with E-state index in [0.717, 1.165) is 33.4 Å². The third kappa shape index (κ3) is 6.18. The number of nitrogens with zero attached hydrogens (tertiary/aromatic N) is 1. The second kappa shape index (κ2) is 11.3. The summed E-state index contributed by atoms with van der Waals surface area (Å²) < 4.78 is 24.3. The minimum atomic E-state index is -0.540. The largest absolute Gasteiger partial charge is 0.493 e. The highest BCUT2D eigenvalue weighted by molar-refractivity contribution is 8.18. The molecule has 1 fully saturated rings. The Bertz CT molecular complexity index is 1370. The number of methoxy groups -OCH3 is 1. The number of rotatable bonds is 8. The first kappa shape index (κ1) is 26.0. The summed E-state index contributed by atoms with van der Waals surface area (Å²) in [4.78, 5) is 39.1. The number of ether oxygens (including phenoxy) is 2. The number of amides is 3. The minimum Gasteiger partial charge on any atom is -0.493 e. The zero-order chi connectivity index (χ0) is 26.5. The molecular formula is C28H25FN2O5S. The molecule has 1 N–H and O–H groups in total. The van der Waals surface area contributed by atoms with Crippen molar-refractivity contribution < 1.29 is 28.2 Å². The first-order valence-electron chi connectivity index (χ1n) is 11.4. The van der Waals surface area contributed by atoms with Gasteiger partial charge >= 0.3 is 0 Å². The summed E-state index contributed by atoms with van der Waals surface area (Å²) in [7, 11) is 1.49. The molecule has 0 radical (unpaired) electrons. The first-order chi connectivity index (χ1) is 17.7. The lowest BCUT2D eigenvalue weighted by Gasteiger charge is -2.15. The molecule has 0 bridgehead atoms. The lowest BCUT2D eigenvalue weighted by atomic mass is 10.1. The second-order valence-electron chi connectivity index (χ2n) is 8.41. The number of halogens is 1. The predicted octanol–water partition coefficient (Wildman–Crippen LogP) is 5.71. The molecule has 1 aliphatic rings. The highest BCUT2D eigenvalue weighted by atomic mass is 32.2. The molecular weight excluding hydrogens is 495 g/mol. The Morgan fingerprint density at radius 2 is 1.73 bits per heavy atom. The van der Waals surface area contributed by atoms with E-state index in [1.165, 1.54) is 19.2 Å². The van der Waals surface area contributed by atoms with Crippen LogP contribution in [0.5, 0.6) is 11.5 Å². The van der Waals surface area contributed by atoms with E-state index in [1.807, 2.05) is 32.0 Å². The van der Waals surface area contributed by atoms with Crippen molar-refractivity contribution in [3.8, 4) is 11.5 Å². The summed E-state index contributed by atoms with van der Waals surface area (Å²) >= 11 is 0.773. The summed E-state index contributed by atoms with van der Waals surface area (Å²) in [6, 6.07) is 16.7. The van der Waals surface area contributed by atoms with Gasteiger partial charge in [0.05, 0.1) is 12.0 Å². The predicted molar refractivity (Wildman–Crippen MR) is 141 cm³/mol. The quantitative estimate of drug-likeness (QED) is 0.383. The fourth-order valence-electron chi connectivity index (χ4n) is 3.76. The van der Waals surface area contributed by atoms with Crippen LogP contribution in [0.2, 0.25) is 0 Å². The van der Waals surface area contributed by atoms with Crippen molar-refractivity contribution >= 4 is 40.6 Å². The summed E-state index contributed by atoms with van der Waals surface area (Å²) in [5.41, 5.74) is 3.87. The SMILES string of the molecule is COc1cc(/C=C2\SC(=O)N(CC(=O)Nc3c(C)cccc3C)C2=O)ccc1OCc1ccc(F)cc1. The van der Waals surface area contributed by atoms with E-state index in [9.17, 15) is 18.8 Å². The van der Waals surface area contributed by atoms with E-state index >= 15 is 0 Å². The maximum Gasteiger partial charge on any atom is 0.294 e. The van der Waals surface area contributed by atoms with Crippen molar-refractivity contribution in [2.45, 2.75) is 20.5 Å². The molecule has 3 aromatic rings. The van der Waals surface area contributed by atoms with Crippen molar-refractivity contribution in [2.75, 3.05) is 19.0 Å². The van der Waals surface area contributed by atoms with E-state index in [4.69, 9.17) is 9.47 Å². The molecule has 3 amide bonds. The number of benzene rings is 3. The lowest BCUT2D eigenvalue weighted by Crippen LogP contribution is -2.36. The number of anilines is 1.